The van der Waals surface area contributed by atoms with Gasteiger partial charge in [-0.15, -0.1) is 0 Å². The van der Waals surface area contributed by atoms with E-state index in [9.17, 15) is 15.0 Å². The molecule has 7 heteroatoms. The number of carbonyl (C=O) groups is 1. The van der Waals surface area contributed by atoms with Crippen LogP contribution in [-0.4, -0.2) is 57.9 Å². The van der Waals surface area contributed by atoms with Crippen molar-refractivity contribution in [2.24, 2.45) is 5.73 Å². The number of hydrogen-bond acceptors (Lipinski definition) is 5. The molecular formula is C14H19N3O3S. The van der Waals surface area contributed by atoms with Gasteiger partial charge < -0.3 is 21.3 Å². The first kappa shape index (κ1) is 15.8. The van der Waals surface area contributed by atoms with Crippen LogP contribution in [0.3, 0.4) is 0 Å². The number of benzene rings is 1. The molecule has 114 valence electrons. The van der Waals surface area contributed by atoms with Crippen molar-refractivity contribution in [1.82, 2.24) is 4.90 Å². The first-order valence-electron chi connectivity index (χ1n) is 6.74. The van der Waals surface area contributed by atoms with Gasteiger partial charge in [-0.3, -0.25) is 9.69 Å². The lowest BCUT2D eigenvalue weighted by Crippen LogP contribution is -2.27. The highest BCUT2D eigenvalue weighted by molar-refractivity contribution is 7.80. The van der Waals surface area contributed by atoms with E-state index in [0.29, 0.717) is 30.9 Å². The van der Waals surface area contributed by atoms with Crippen LogP contribution in [0, 0.1) is 0 Å². The van der Waals surface area contributed by atoms with Crippen LogP contribution in [0.15, 0.2) is 24.3 Å². The van der Waals surface area contributed by atoms with Crippen molar-refractivity contribution < 1.29 is 15.0 Å². The molecule has 21 heavy (non-hydrogen) atoms. The molecule has 1 fully saturated rings. The van der Waals surface area contributed by atoms with Gasteiger partial charge in [0.05, 0.1) is 17.9 Å². The predicted octanol–water partition coefficient (Wildman–Crippen LogP) is -0.313. The van der Waals surface area contributed by atoms with Crippen molar-refractivity contribution >= 4 is 28.8 Å². The molecule has 1 aromatic rings. The number of para-hydroxylation sites is 1. The van der Waals surface area contributed by atoms with Gasteiger partial charge >= 0.3 is 0 Å². The number of rotatable bonds is 5. The van der Waals surface area contributed by atoms with Crippen molar-refractivity contribution in [1.29, 1.82) is 0 Å². The number of aliphatic hydroxyl groups is 2. The number of hydrogen-bond donors (Lipinski definition) is 4. The second-order valence-corrected chi connectivity index (χ2v) is 5.54. The normalized spacial score (nSPS) is 22.2. The van der Waals surface area contributed by atoms with Crippen LogP contribution in [0.5, 0.6) is 0 Å². The molecule has 2 unspecified atom stereocenters. The fourth-order valence-corrected chi connectivity index (χ4v) is 2.49. The number of carbonyl (C=O) groups excluding carboxylic acids is 1. The van der Waals surface area contributed by atoms with E-state index < -0.39 is 12.2 Å². The highest BCUT2D eigenvalue weighted by Crippen LogP contribution is 2.15. The molecule has 1 saturated heterocycles. The highest BCUT2D eigenvalue weighted by Gasteiger charge is 2.29. The maximum absolute atomic E-state index is 12.0. The van der Waals surface area contributed by atoms with Crippen molar-refractivity contribution in [2.45, 2.75) is 18.6 Å². The second-order valence-electron chi connectivity index (χ2n) is 5.10. The number of nitrogens with two attached hydrogens (primary N) is 1. The molecule has 0 aliphatic carbocycles. The maximum Gasteiger partial charge on any atom is 0.225 e. The minimum Gasteiger partial charge on any atom is -0.389 e. The van der Waals surface area contributed by atoms with Gasteiger partial charge in [-0.1, -0.05) is 24.4 Å². The number of nitrogens with zero attached hydrogens (tertiary/aromatic N) is 1. The molecule has 0 aromatic heterocycles. The van der Waals surface area contributed by atoms with Crippen LogP contribution >= 0.6 is 12.2 Å². The fraction of sp³-hybridized carbons (Fsp3) is 0.429. The Kier molecular flexibility index (Phi) is 5.24. The molecular weight excluding hydrogens is 290 g/mol. The van der Waals surface area contributed by atoms with Gasteiger partial charge in [0.15, 0.2) is 0 Å². The molecule has 5 N–H and O–H groups in total. The molecule has 1 aliphatic rings. The van der Waals surface area contributed by atoms with Crippen LogP contribution in [0.2, 0.25) is 0 Å². The Labute approximate surface area is 128 Å². The standard InChI is InChI=1S/C14H19N3O3S/c15-14(21)9-3-1-2-4-10(9)16-13(20)5-6-17-7-11(18)12(19)8-17/h1-4,11-12,18-19H,5-8H2,(H2,15,21)(H,16,20). The summed E-state index contributed by atoms with van der Waals surface area (Å²) < 4.78 is 0. The average Bonchev–Trinajstić information content (AvgIpc) is 2.76. The monoisotopic (exact) mass is 309 g/mol. The summed E-state index contributed by atoms with van der Waals surface area (Å²) in [6, 6.07) is 7.10. The molecule has 6 nitrogen and oxygen atoms in total. The summed E-state index contributed by atoms with van der Waals surface area (Å²) in [4.78, 5) is 14.0. The number of nitrogens with one attached hydrogen (secondary N) is 1. The number of aliphatic hydroxyl groups excluding tert-OH is 2. The van der Waals surface area contributed by atoms with Gasteiger partial charge in [-0.25, -0.2) is 0 Å². The van der Waals surface area contributed by atoms with Gasteiger partial charge in [-0.2, -0.15) is 0 Å². The summed E-state index contributed by atoms with van der Waals surface area (Å²) in [5, 5.41) is 21.7. The van der Waals surface area contributed by atoms with E-state index in [4.69, 9.17) is 18.0 Å². The minimum absolute atomic E-state index is 0.158. The van der Waals surface area contributed by atoms with Crippen molar-refractivity contribution in [3.63, 3.8) is 0 Å². The molecule has 0 spiro atoms. The Morgan fingerprint density at radius 2 is 1.95 bits per heavy atom. The maximum atomic E-state index is 12.0. The average molecular weight is 309 g/mol. The van der Waals surface area contributed by atoms with Crippen molar-refractivity contribution in [3.8, 4) is 0 Å². The van der Waals surface area contributed by atoms with Gasteiger partial charge in [0, 0.05) is 31.6 Å². The van der Waals surface area contributed by atoms with Crippen LogP contribution in [0.25, 0.3) is 0 Å². The summed E-state index contributed by atoms with van der Waals surface area (Å²) in [6.07, 6.45) is -1.20. The Bertz CT molecular complexity index is 528. The lowest BCUT2D eigenvalue weighted by Gasteiger charge is -2.15. The van der Waals surface area contributed by atoms with Crippen molar-refractivity contribution in [3.05, 3.63) is 29.8 Å². The van der Waals surface area contributed by atoms with E-state index in [-0.39, 0.29) is 17.3 Å². The number of anilines is 1. The van der Waals surface area contributed by atoms with Crippen LogP contribution in [-0.2, 0) is 4.79 Å². The number of thiocarbonyl (C=S) groups is 1. The zero-order valence-corrected chi connectivity index (χ0v) is 12.3. The molecule has 1 heterocycles. The molecule has 0 radical (unpaired) electrons. The summed E-state index contributed by atoms with van der Waals surface area (Å²) in [5.74, 6) is -0.158. The Hall–Kier alpha value is -1.54. The van der Waals surface area contributed by atoms with E-state index in [1.165, 1.54) is 0 Å². The minimum atomic E-state index is -0.733. The predicted molar refractivity (Wildman–Crippen MR) is 84.0 cm³/mol. The number of likely N-dealkylation sites (tertiary alicyclic amines) is 1. The van der Waals surface area contributed by atoms with E-state index in [1.54, 1.807) is 24.3 Å². The van der Waals surface area contributed by atoms with E-state index in [2.05, 4.69) is 5.32 Å². The topological polar surface area (TPSA) is 98.8 Å². The van der Waals surface area contributed by atoms with Crippen molar-refractivity contribution in [2.75, 3.05) is 25.0 Å². The smallest absolute Gasteiger partial charge is 0.225 e. The van der Waals surface area contributed by atoms with Crippen LogP contribution in [0.4, 0.5) is 5.69 Å². The molecule has 1 amide bonds. The molecule has 1 aromatic carbocycles. The number of amides is 1. The van der Waals surface area contributed by atoms with Gasteiger partial charge in [-0.05, 0) is 12.1 Å². The SMILES string of the molecule is NC(=S)c1ccccc1NC(=O)CCN1CC(O)C(O)C1. The summed E-state index contributed by atoms with van der Waals surface area (Å²) in [7, 11) is 0. The summed E-state index contributed by atoms with van der Waals surface area (Å²) in [5.41, 5.74) is 6.84. The third kappa shape index (κ3) is 4.21. The summed E-state index contributed by atoms with van der Waals surface area (Å²) in [6.45, 7) is 1.25. The second kappa shape index (κ2) is 6.95. The van der Waals surface area contributed by atoms with Gasteiger partial charge in [0.25, 0.3) is 0 Å². The first-order valence-corrected chi connectivity index (χ1v) is 7.15. The molecule has 0 saturated carbocycles. The Morgan fingerprint density at radius 1 is 1.33 bits per heavy atom. The summed E-state index contributed by atoms with van der Waals surface area (Å²) >= 11 is 4.94. The third-order valence-electron chi connectivity index (χ3n) is 3.46. The van der Waals surface area contributed by atoms with Crippen LogP contribution in [0.1, 0.15) is 12.0 Å². The van der Waals surface area contributed by atoms with E-state index in [0.717, 1.165) is 0 Å². The molecule has 0 bridgehead atoms. The quantitative estimate of drug-likeness (QED) is 0.557. The van der Waals surface area contributed by atoms with Crippen LogP contribution < -0.4 is 11.1 Å². The Morgan fingerprint density at radius 3 is 2.57 bits per heavy atom. The lowest BCUT2D eigenvalue weighted by molar-refractivity contribution is -0.116. The van der Waals surface area contributed by atoms with E-state index in [1.807, 2.05) is 4.90 Å². The first-order chi connectivity index (χ1) is 9.97. The third-order valence-corrected chi connectivity index (χ3v) is 3.68. The van der Waals surface area contributed by atoms with Gasteiger partial charge in [0.2, 0.25) is 5.91 Å². The molecule has 2 atom stereocenters. The van der Waals surface area contributed by atoms with E-state index >= 15 is 0 Å². The molecule has 2 rings (SSSR count). The lowest BCUT2D eigenvalue weighted by atomic mass is 10.1. The fourth-order valence-electron chi connectivity index (χ4n) is 2.31. The molecule has 1 aliphatic heterocycles. The zero-order chi connectivity index (χ0) is 15.4. The highest BCUT2D eigenvalue weighted by atomic mass is 32.1. The largest absolute Gasteiger partial charge is 0.389 e. The van der Waals surface area contributed by atoms with Gasteiger partial charge in [0.1, 0.15) is 4.99 Å². The zero-order valence-electron chi connectivity index (χ0n) is 11.5. The Balaban J connectivity index is 1.87. The number of β-amino-alcohol motifs (C(OH)–C–C–N with tert-alkyl or cyclic N) is 2.